The van der Waals surface area contributed by atoms with E-state index in [1.807, 2.05) is 71.0 Å². The lowest BCUT2D eigenvalue weighted by atomic mass is 10.0. The number of methoxy groups -OCH3 is 1. The summed E-state index contributed by atoms with van der Waals surface area (Å²) in [6.45, 7) is 9.92. The van der Waals surface area contributed by atoms with Crippen LogP contribution in [0.25, 0.3) is 0 Å². The van der Waals surface area contributed by atoms with Gasteiger partial charge in [0.25, 0.3) is 0 Å². The van der Waals surface area contributed by atoms with Crippen LogP contribution in [0.2, 0.25) is 0 Å². The first-order valence-corrected chi connectivity index (χ1v) is 13.7. The van der Waals surface area contributed by atoms with Crippen LogP contribution in [0.15, 0.2) is 107 Å². The van der Waals surface area contributed by atoms with Crippen LogP contribution in [0, 0.1) is 6.92 Å². The molecular formula is C31H36O4S. The Morgan fingerprint density at radius 1 is 0.556 bits per heavy atom. The van der Waals surface area contributed by atoms with Gasteiger partial charge in [0, 0.05) is 0 Å². The minimum Gasteiger partial charge on any atom is -0.497 e. The van der Waals surface area contributed by atoms with Crippen molar-refractivity contribution in [1.82, 2.24) is 0 Å². The number of ether oxygens (including phenoxy) is 2. The summed E-state index contributed by atoms with van der Waals surface area (Å²) in [6, 6.07) is 29.2. The third-order valence-electron chi connectivity index (χ3n) is 5.19. The second kappa shape index (κ2) is 14.1. The monoisotopic (exact) mass is 504 g/mol. The largest absolute Gasteiger partial charge is 0.497 e. The Kier molecular flexibility index (Phi) is 11.2. The van der Waals surface area contributed by atoms with Gasteiger partial charge in [-0.2, -0.15) is 0 Å². The first-order chi connectivity index (χ1) is 17.4. The van der Waals surface area contributed by atoms with E-state index in [1.165, 1.54) is 11.1 Å². The zero-order valence-corrected chi connectivity index (χ0v) is 22.8. The van der Waals surface area contributed by atoms with Gasteiger partial charge in [0.1, 0.15) is 17.2 Å². The molecule has 0 aliphatic rings. The number of hydrogen-bond donors (Lipinski definition) is 0. The van der Waals surface area contributed by atoms with Gasteiger partial charge < -0.3 is 9.47 Å². The molecule has 4 nitrogen and oxygen atoms in total. The van der Waals surface area contributed by atoms with Crippen LogP contribution in [0.5, 0.6) is 17.2 Å². The molecular weight excluding hydrogens is 468 g/mol. The fourth-order valence-electron chi connectivity index (χ4n) is 3.33. The number of benzene rings is 4. The maximum Gasteiger partial charge on any atom is 0.206 e. The Balaban J connectivity index is 0.00000109. The highest BCUT2D eigenvalue weighted by Gasteiger charge is 2.17. The molecule has 4 rings (SSSR count). The van der Waals surface area contributed by atoms with E-state index in [1.54, 1.807) is 55.6 Å². The molecule has 0 saturated carbocycles. The molecule has 36 heavy (non-hydrogen) atoms. The Hall–Kier alpha value is -3.57. The van der Waals surface area contributed by atoms with Crippen LogP contribution in [0.1, 0.15) is 44.4 Å². The van der Waals surface area contributed by atoms with Crippen LogP contribution in [-0.4, -0.2) is 15.5 Å². The van der Waals surface area contributed by atoms with Gasteiger partial charge in [0.05, 0.1) is 16.9 Å². The normalized spacial score (nSPS) is 10.3. The molecule has 0 saturated heterocycles. The van der Waals surface area contributed by atoms with E-state index >= 15 is 0 Å². The molecule has 0 N–H and O–H groups in total. The summed E-state index contributed by atoms with van der Waals surface area (Å²) < 4.78 is 36.7. The lowest BCUT2D eigenvalue weighted by Gasteiger charge is -2.09. The molecule has 0 atom stereocenters. The van der Waals surface area contributed by atoms with E-state index in [-0.39, 0.29) is 9.79 Å². The van der Waals surface area contributed by atoms with Gasteiger partial charge in [0.15, 0.2) is 0 Å². The topological polar surface area (TPSA) is 52.6 Å². The van der Waals surface area contributed by atoms with Gasteiger partial charge in [0.2, 0.25) is 9.84 Å². The predicted octanol–water partition coefficient (Wildman–Crippen LogP) is 8.27. The van der Waals surface area contributed by atoms with E-state index in [0.29, 0.717) is 11.5 Å². The minimum atomic E-state index is -3.55. The van der Waals surface area contributed by atoms with Crippen molar-refractivity contribution in [3.05, 3.63) is 114 Å². The Labute approximate surface area is 216 Å². The van der Waals surface area contributed by atoms with Gasteiger partial charge in [-0.05, 0) is 85.1 Å². The van der Waals surface area contributed by atoms with E-state index in [2.05, 4.69) is 12.1 Å². The molecule has 5 heteroatoms. The van der Waals surface area contributed by atoms with Crippen molar-refractivity contribution in [3.63, 3.8) is 0 Å². The molecule has 0 aliphatic carbocycles. The molecule has 190 valence electrons. The van der Waals surface area contributed by atoms with E-state index in [0.717, 1.165) is 17.7 Å². The summed E-state index contributed by atoms with van der Waals surface area (Å²) in [5.41, 5.74) is 3.38. The molecule has 0 aliphatic heterocycles. The van der Waals surface area contributed by atoms with Crippen molar-refractivity contribution in [2.45, 2.75) is 50.8 Å². The first kappa shape index (κ1) is 28.7. The van der Waals surface area contributed by atoms with E-state index in [4.69, 9.17) is 9.47 Å². The summed E-state index contributed by atoms with van der Waals surface area (Å²) in [4.78, 5) is 0.521. The van der Waals surface area contributed by atoms with Crippen LogP contribution in [0.3, 0.4) is 0 Å². The van der Waals surface area contributed by atoms with Gasteiger partial charge in [-0.25, -0.2) is 8.42 Å². The van der Waals surface area contributed by atoms with Crippen molar-refractivity contribution in [2.24, 2.45) is 0 Å². The smallest absolute Gasteiger partial charge is 0.206 e. The SMILES string of the molecule is CC.CC.COc1ccc(Cc2ccc(Oc3ccc(S(=O)(=O)c4ccc(C)cc4)cc3)cc2)cc1. The van der Waals surface area contributed by atoms with Crippen LogP contribution in [-0.2, 0) is 16.3 Å². The molecule has 0 radical (unpaired) electrons. The molecule has 4 aromatic carbocycles. The molecule has 0 unspecified atom stereocenters. The van der Waals surface area contributed by atoms with Crippen molar-refractivity contribution in [3.8, 4) is 17.2 Å². The highest BCUT2D eigenvalue weighted by molar-refractivity contribution is 7.91. The van der Waals surface area contributed by atoms with E-state index in [9.17, 15) is 8.42 Å². The van der Waals surface area contributed by atoms with Crippen molar-refractivity contribution < 1.29 is 17.9 Å². The molecule has 0 heterocycles. The fourth-order valence-corrected chi connectivity index (χ4v) is 4.59. The predicted molar refractivity (Wildman–Crippen MR) is 148 cm³/mol. The van der Waals surface area contributed by atoms with Gasteiger partial charge in [-0.3, -0.25) is 0 Å². The summed E-state index contributed by atoms with van der Waals surface area (Å²) in [7, 11) is -1.89. The lowest BCUT2D eigenvalue weighted by Crippen LogP contribution is -2.01. The number of sulfone groups is 1. The third-order valence-corrected chi connectivity index (χ3v) is 6.98. The molecule has 4 aromatic rings. The van der Waals surface area contributed by atoms with Crippen LogP contribution >= 0.6 is 0 Å². The molecule has 0 bridgehead atoms. The highest BCUT2D eigenvalue weighted by atomic mass is 32.2. The minimum absolute atomic E-state index is 0.239. The number of aryl methyl sites for hydroxylation is 1. The molecule has 0 amide bonds. The van der Waals surface area contributed by atoms with Crippen LogP contribution in [0.4, 0.5) is 0 Å². The first-order valence-electron chi connectivity index (χ1n) is 12.3. The fraction of sp³-hybridized carbons (Fsp3) is 0.226. The van der Waals surface area contributed by atoms with Gasteiger partial charge >= 0.3 is 0 Å². The second-order valence-corrected chi connectivity index (χ2v) is 9.51. The zero-order chi connectivity index (χ0) is 26.6. The van der Waals surface area contributed by atoms with Crippen LogP contribution < -0.4 is 9.47 Å². The third kappa shape index (κ3) is 7.72. The number of hydrogen-bond acceptors (Lipinski definition) is 4. The average Bonchev–Trinajstić information content (AvgIpc) is 2.93. The summed E-state index contributed by atoms with van der Waals surface area (Å²) in [6.07, 6.45) is 0.815. The second-order valence-electron chi connectivity index (χ2n) is 7.56. The van der Waals surface area contributed by atoms with Crippen molar-refractivity contribution in [1.29, 1.82) is 0 Å². The Morgan fingerprint density at radius 2 is 0.917 bits per heavy atom. The van der Waals surface area contributed by atoms with Crippen molar-refractivity contribution >= 4 is 9.84 Å². The summed E-state index contributed by atoms with van der Waals surface area (Å²) >= 11 is 0. The van der Waals surface area contributed by atoms with Crippen molar-refractivity contribution in [2.75, 3.05) is 7.11 Å². The highest BCUT2D eigenvalue weighted by Crippen LogP contribution is 2.27. The Bertz CT molecular complexity index is 1280. The zero-order valence-electron chi connectivity index (χ0n) is 22.0. The summed E-state index contributed by atoms with van der Waals surface area (Å²) in [5, 5.41) is 0. The maximum absolute atomic E-state index is 12.8. The average molecular weight is 505 g/mol. The molecule has 0 fully saturated rings. The van der Waals surface area contributed by atoms with E-state index < -0.39 is 9.84 Å². The van der Waals surface area contributed by atoms with Gasteiger partial charge in [-0.1, -0.05) is 69.7 Å². The maximum atomic E-state index is 12.8. The summed E-state index contributed by atoms with van der Waals surface area (Å²) in [5.74, 6) is 2.11. The number of rotatable bonds is 7. The molecule has 0 spiro atoms. The quantitative estimate of drug-likeness (QED) is 0.254. The Morgan fingerprint density at radius 3 is 1.33 bits per heavy atom. The molecule has 0 aromatic heterocycles. The lowest BCUT2D eigenvalue weighted by molar-refractivity contribution is 0.414. The van der Waals surface area contributed by atoms with Gasteiger partial charge in [-0.15, -0.1) is 0 Å². The standard InChI is InChI=1S/C27H24O4S.2C2H6/c1-20-3-15-26(16-4-20)32(28,29)27-17-13-25(14-18-27)31-24-11-7-22(8-12-24)19-21-5-9-23(30-2)10-6-21;2*1-2/h3-18H,19H2,1-2H3;2*1-2H3.